The first-order valence-corrected chi connectivity index (χ1v) is 5.44. The molecule has 2 rings (SSSR count). The van der Waals surface area contributed by atoms with E-state index in [0.29, 0.717) is 10.8 Å². The maximum Gasteiger partial charge on any atom is 0.186 e. The second-order valence-electron chi connectivity index (χ2n) is 3.16. The molecule has 5 nitrogen and oxygen atoms in total. The average Bonchev–Trinajstić information content (AvgIpc) is 2.28. The molecule has 0 fully saturated rings. The van der Waals surface area contributed by atoms with Crippen LogP contribution in [0.4, 0.5) is 5.69 Å². The zero-order valence-corrected chi connectivity index (χ0v) is 8.77. The molecule has 0 amide bonds. The number of hydrogen-bond acceptors (Lipinski definition) is 4. The van der Waals surface area contributed by atoms with Gasteiger partial charge in [0.15, 0.2) is 16.8 Å². The van der Waals surface area contributed by atoms with Crippen LogP contribution in [0.25, 0.3) is 10.8 Å². The molecule has 0 aliphatic rings. The molecular formula is C10H7NO4S. The summed E-state index contributed by atoms with van der Waals surface area (Å²) in [5.41, 5.74) is -0.0622. The van der Waals surface area contributed by atoms with Crippen LogP contribution in [0.15, 0.2) is 40.4 Å². The normalized spacial score (nSPS) is 12.6. The zero-order chi connectivity index (χ0) is 11.7. The van der Waals surface area contributed by atoms with Crippen LogP contribution in [0.3, 0.4) is 0 Å². The Kier molecular flexibility index (Phi) is 2.67. The number of rotatable bonds is 2. The molecule has 16 heavy (non-hydrogen) atoms. The molecule has 6 heteroatoms. The zero-order valence-electron chi connectivity index (χ0n) is 7.95. The van der Waals surface area contributed by atoms with Gasteiger partial charge in [-0.05, 0) is 28.8 Å². The Labute approximate surface area is 93.0 Å². The molecule has 0 heterocycles. The first-order valence-electron chi connectivity index (χ1n) is 4.33. The van der Waals surface area contributed by atoms with Gasteiger partial charge in [-0.2, -0.15) is 0 Å². The molecule has 1 atom stereocenters. The fourth-order valence-corrected chi connectivity index (χ4v) is 1.90. The van der Waals surface area contributed by atoms with Crippen molar-refractivity contribution in [3.63, 3.8) is 0 Å². The molecule has 2 aromatic carbocycles. The van der Waals surface area contributed by atoms with E-state index in [1.165, 1.54) is 24.3 Å². The first kappa shape index (κ1) is 10.7. The first-order chi connectivity index (χ1) is 7.63. The van der Waals surface area contributed by atoms with Crippen molar-refractivity contribution < 1.29 is 13.9 Å². The van der Waals surface area contributed by atoms with Crippen LogP contribution in [0.2, 0.25) is 0 Å². The maximum absolute atomic E-state index is 10.8. The standard InChI is InChI=1S/C10H7NO4S/c12-9-4-1-6-5-7(16(14)15)2-3-8(6)10(9)11-13/h1-5,12H,(H,14,15). The summed E-state index contributed by atoms with van der Waals surface area (Å²) >= 11 is -2.07. The van der Waals surface area contributed by atoms with E-state index in [4.69, 9.17) is 4.55 Å². The summed E-state index contributed by atoms with van der Waals surface area (Å²) in [7, 11) is 0. The molecule has 0 saturated carbocycles. The van der Waals surface area contributed by atoms with Crippen LogP contribution in [0.5, 0.6) is 5.75 Å². The molecule has 1 unspecified atom stereocenters. The highest BCUT2D eigenvalue weighted by Crippen LogP contribution is 2.35. The second kappa shape index (κ2) is 3.99. The van der Waals surface area contributed by atoms with Gasteiger partial charge in [-0.3, -0.25) is 0 Å². The van der Waals surface area contributed by atoms with E-state index in [-0.39, 0.29) is 16.3 Å². The Balaban J connectivity index is 2.78. The minimum atomic E-state index is -2.07. The van der Waals surface area contributed by atoms with Crippen LogP contribution in [0, 0.1) is 4.91 Å². The third kappa shape index (κ3) is 1.68. The van der Waals surface area contributed by atoms with Crippen LogP contribution in [-0.2, 0) is 11.1 Å². The topological polar surface area (TPSA) is 87.0 Å². The summed E-state index contributed by atoms with van der Waals surface area (Å²) < 4.78 is 19.7. The van der Waals surface area contributed by atoms with Crippen molar-refractivity contribution in [2.75, 3.05) is 0 Å². The number of nitroso groups, excluding NO2 is 1. The van der Waals surface area contributed by atoms with Gasteiger partial charge in [0.05, 0.1) is 4.90 Å². The summed E-state index contributed by atoms with van der Waals surface area (Å²) in [4.78, 5) is 10.8. The highest BCUT2D eigenvalue weighted by molar-refractivity contribution is 7.79. The van der Waals surface area contributed by atoms with E-state index in [2.05, 4.69) is 5.18 Å². The lowest BCUT2D eigenvalue weighted by Crippen LogP contribution is -1.87. The van der Waals surface area contributed by atoms with Crippen molar-refractivity contribution in [2.45, 2.75) is 4.90 Å². The van der Waals surface area contributed by atoms with Gasteiger partial charge in [-0.15, -0.1) is 4.91 Å². The summed E-state index contributed by atoms with van der Waals surface area (Å²) in [6, 6.07) is 7.24. The molecule has 0 radical (unpaired) electrons. The van der Waals surface area contributed by atoms with Crippen molar-refractivity contribution in [1.82, 2.24) is 0 Å². The third-order valence-electron chi connectivity index (χ3n) is 2.23. The molecule has 2 N–H and O–H groups in total. The highest BCUT2D eigenvalue weighted by Gasteiger charge is 2.09. The largest absolute Gasteiger partial charge is 0.506 e. The maximum atomic E-state index is 10.8. The lowest BCUT2D eigenvalue weighted by molar-refractivity contribution is 0.477. The Morgan fingerprint density at radius 1 is 1.19 bits per heavy atom. The Morgan fingerprint density at radius 3 is 2.56 bits per heavy atom. The van der Waals surface area contributed by atoms with Gasteiger partial charge in [0, 0.05) is 5.39 Å². The Hall–Kier alpha value is -1.79. The molecule has 0 aliphatic carbocycles. The predicted octanol–water partition coefficient (Wildman–Crippen LogP) is 2.52. The number of fused-ring (bicyclic) bond motifs is 1. The predicted molar refractivity (Wildman–Crippen MR) is 60.1 cm³/mol. The van der Waals surface area contributed by atoms with E-state index < -0.39 is 11.1 Å². The number of hydrogen-bond donors (Lipinski definition) is 2. The lowest BCUT2D eigenvalue weighted by Gasteiger charge is -2.03. The third-order valence-corrected chi connectivity index (χ3v) is 2.89. The minimum absolute atomic E-state index is 0.0622. The van der Waals surface area contributed by atoms with Crippen LogP contribution < -0.4 is 0 Å². The molecular weight excluding hydrogens is 230 g/mol. The van der Waals surface area contributed by atoms with Crippen molar-refractivity contribution in [2.24, 2.45) is 5.18 Å². The van der Waals surface area contributed by atoms with Gasteiger partial charge < -0.3 is 9.66 Å². The molecule has 0 bridgehead atoms. The van der Waals surface area contributed by atoms with Gasteiger partial charge >= 0.3 is 0 Å². The number of phenols is 1. The van der Waals surface area contributed by atoms with E-state index in [1.807, 2.05) is 0 Å². The molecule has 0 aliphatic heterocycles. The fourth-order valence-electron chi connectivity index (χ4n) is 1.48. The fraction of sp³-hybridized carbons (Fsp3) is 0. The Morgan fingerprint density at radius 2 is 1.94 bits per heavy atom. The van der Waals surface area contributed by atoms with Crippen molar-refractivity contribution in [3.05, 3.63) is 35.2 Å². The van der Waals surface area contributed by atoms with Crippen molar-refractivity contribution in [3.8, 4) is 5.75 Å². The van der Waals surface area contributed by atoms with Crippen molar-refractivity contribution >= 4 is 27.5 Å². The van der Waals surface area contributed by atoms with Gasteiger partial charge in [-0.25, -0.2) is 4.21 Å². The average molecular weight is 237 g/mol. The van der Waals surface area contributed by atoms with E-state index >= 15 is 0 Å². The summed E-state index contributed by atoms with van der Waals surface area (Å²) in [6.45, 7) is 0. The highest BCUT2D eigenvalue weighted by atomic mass is 32.2. The number of benzene rings is 2. The molecule has 2 aromatic rings. The van der Waals surface area contributed by atoms with Gasteiger partial charge in [0.2, 0.25) is 0 Å². The van der Waals surface area contributed by atoms with Gasteiger partial charge in [-0.1, -0.05) is 12.1 Å². The minimum Gasteiger partial charge on any atom is -0.506 e. The van der Waals surface area contributed by atoms with E-state index in [9.17, 15) is 14.2 Å². The van der Waals surface area contributed by atoms with Crippen LogP contribution >= 0.6 is 0 Å². The second-order valence-corrected chi connectivity index (χ2v) is 4.13. The quantitative estimate of drug-likeness (QED) is 0.620. The van der Waals surface area contributed by atoms with Crippen LogP contribution in [0.1, 0.15) is 0 Å². The SMILES string of the molecule is O=Nc1c(O)ccc2cc(S(=O)O)ccc12. The van der Waals surface area contributed by atoms with E-state index in [1.54, 1.807) is 6.07 Å². The lowest BCUT2D eigenvalue weighted by atomic mass is 10.1. The molecule has 0 saturated heterocycles. The van der Waals surface area contributed by atoms with Crippen molar-refractivity contribution in [1.29, 1.82) is 0 Å². The smallest absolute Gasteiger partial charge is 0.186 e. The number of nitrogens with zero attached hydrogens (tertiary/aromatic N) is 1. The molecule has 0 spiro atoms. The van der Waals surface area contributed by atoms with Gasteiger partial charge in [0.1, 0.15) is 5.75 Å². The van der Waals surface area contributed by atoms with Crippen LogP contribution in [-0.4, -0.2) is 13.9 Å². The summed E-state index contributed by atoms with van der Waals surface area (Å²) in [5.74, 6) is -0.208. The number of phenolic OH excluding ortho intramolecular Hbond substituents is 1. The molecule has 82 valence electrons. The molecule has 0 aromatic heterocycles. The van der Waals surface area contributed by atoms with Gasteiger partial charge in [0.25, 0.3) is 0 Å². The summed E-state index contributed by atoms with van der Waals surface area (Å²) in [6.07, 6.45) is 0. The number of aromatic hydroxyl groups is 1. The van der Waals surface area contributed by atoms with E-state index in [0.717, 1.165) is 0 Å². The Bertz CT molecular complexity index is 597. The monoisotopic (exact) mass is 237 g/mol. The summed E-state index contributed by atoms with van der Waals surface area (Å²) in [5, 5.41) is 13.1.